The van der Waals surface area contributed by atoms with E-state index in [1.165, 1.54) is 4.90 Å². The largest absolute Gasteiger partial charge is 0.514 e. The third kappa shape index (κ3) is 2.28. The molecule has 0 radical (unpaired) electrons. The molecule has 0 aromatic heterocycles. The zero-order valence-corrected chi connectivity index (χ0v) is 8.09. The second kappa shape index (κ2) is 4.04. The molecule has 1 aromatic carbocycles. The van der Waals surface area contributed by atoms with E-state index in [0.717, 1.165) is 11.8 Å². The van der Waals surface area contributed by atoms with Crippen molar-refractivity contribution in [1.82, 2.24) is 4.90 Å². The summed E-state index contributed by atoms with van der Waals surface area (Å²) in [5.74, 6) is 0. The minimum absolute atomic E-state index is 0.259. The molecular weight excluding hydrogens is 194 g/mol. The van der Waals surface area contributed by atoms with Crippen molar-refractivity contribution in [3.8, 4) is 0 Å². The zero-order chi connectivity index (χ0) is 10.7. The number of hydrogen-bond acceptors (Lipinski definition) is 3. The van der Waals surface area contributed by atoms with Crippen LogP contribution in [0.4, 0.5) is 4.79 Å². The molecule has 0 atom stereocenters. The number of aliphatic hydroxyl groups is 1. The van der Waals surface area contributed by atoms with Crippen molar-refractivity contribution < 1.29 is 14.6 Å². The predicted molar refractivity (Wildman–Crippen MR) is 54.0 cm³/mol. The number of aliphatic hydroxyl groups excluding tert-OH is 1. The van der Waals surface area contributed by atoms with Gasteiger partial charge in [0.15, 0.2) is 0 Å². The lowest BCUT2D eigenvalue weighted by Gasteiger charge is -2.04. The Morgan fingerprint density at radius 3 is 2.80 bits per heavy atom. The molecule has 4 nitrogen and oxygen atoms in total. The highest BCUT2D eigenvalue weighted by Gasteiger charge is 2.33. The molecule has 1 saturated heterocycles. The van der Waals surface area contributed by atoms with Crippen LogP contribution in [0.25, 0.3) is 0 Å². The Morgan fingerprint density at radius 2 is 2.20 bits per heavy atom. The highest BCUT2D eigenvalue weighted by molar-refractivity contribution is 5.74. The molecule has 0 spiro atoms. The lowest BCUT2D eigenvalue weighted by Crippen LogP contribution is -2.11. The zero-order valence-electron chi connectivity index (χ0n) is 8.09. The minimum Gasteiger partial charge on any atom is -0.514 e. The Bertz CT molecular complexity index is 386. The Hall–Kier alpha value is -1.97. The maximum Gasteiger partial charge on any atom is 0.414 e. The Labute approximate surface area is 87.4 Å². The van der Waals surface area contributed by atoms with E-state index in [1.54, 1.807) is 0 Å². The summed E-state index contributed by atoms with van der Waals surface area (Å²) in [7, 11) is 0. The van der Waals surface area contributed by atoms with Crippen molar-refractivity contribution in [2.24, 2.45) is 0 Å². The summed E-state index contributed by atoms with van der Waals surface area (Å²) in [6, 6.07) is 9.46. The number of ether oxygens (including phenoxy) is 1. The van der Waals surface area contributed by atoms with E-state index in [-0.39, 0.29) is 6.61 Å². The summed E-state index contributed by atoms with van der Waals surface area (Å²) in [6.07, 6.45) is 0.503. The monoisotopic (exact) mass is 205 g/mol. The first-order valence-electron chi connectivity index (χ1n) is 4.63. The smallest absolute Gasteiger partial charge is 0.414 e. The first-order chi connectivity index (χ1) is 7.31. The molecule has 1 amide bonds. The normalized spacial score (nSPS) is 16.5. The van der Waals surface area contributed by atoms with Gasteiger partial charge in [-0.25, -0.2) is 4.79 Å². The maximum absolute atomic E-state index is 11.3. The topological polar surface area (TPSA) is 49.5 Å². The fourth-order valence-corrected chi connectivity index (χ4v) is 1.22. The van der Waals surface area contributed by atoms with Gasteiger partial charge in [0, 0.05) is 0 Å². The SMILES string of the molecule is O=C(OCc1ccccc1)N1CC1=CO. The van der Waals surface area contributed by atoms with Gasteiger partial charge >= 0.3 is 6.09 Å². The molecule has 0 unspecified atom stereocenters. The number of rotatable bonds is 2. The van der Waals surface area contributed by atoms with Gasteiger partial charge in [-0.2, -0.15) is 0 Å². The van der Waals surface area contributed by atoms with Gasteiger partial charge in [0.05, 0.1) is 12.2 Å². The molecule has 0 saturated carbocycles. The fraction of sp³-hybridized carbons (Fsp3) is 0.182. The van der Waals surface area contributed by atoms with Crippen molar-refractivity contribution >= 4 is 6.09 Å². The van der Waals surface area contributed by atoms with Gasteiger partial charge in [-0.15, -0.1) is 0 Å². The van der Waals surface area contributed by atoms with Crippen LogP contribution in [0.2, 0.25) is 0 Å². The molecule has 1 aromatic rings. The van der Waals surface area contributed by atoms with Crippen LogP contribution < -0.4 is 0 Å². The van der Waals surface area contributed by atoms with Gasteiger partial charge < -0.3 is 9.84 Å². The molecular formula is C11H11NO3. The third-order valence-electron chi connectivity index (χ3n) is 2.14. The molecule has 78 valence electrons. The predicted octanol–water partition coefficient (Wildman–Crippen LogP) is 2.04. The second-order valence-corrected chi connectivity index (χ2v) is 3.25. The standard InChI is InChI=1S/C11H11NO3/c13-7-10-6-12(10)11(14)15-8-9-4-2-1-3-5-9/h1-5,7,13H,6,8H2. The first-order valence-corrected chi connectivity index (χ1v) is 4.63. The van der Waals surface area contributed by atoms with Crippen LogP contribution >= 0.6 is 0 Å². The number of carbonyl (C=O) groups excluding carboxylic acids is 1. The van der Waals surface area contributed by atoms with Crippen molar-refractivity contribution in [2.45, 2.75) is 6.61 Å². The summed E-state index contributed by atoms with van der Waals surface area (Å²) < 4.78 is 5.02. The third-order valence-corrected chi connectivity index (χ3v) is 2.14. The second-order valence-electron chi connectivity index (χ2n) is 3.25. The molecule has 4 heteroatoms. The highest BCUT2D eigenvalue weighted by Crippen LogP contribution is 2.22. The van der Waals surface area contributed by atoms with Gasteiger partial charge in [-0.1, -0.05) is 30.3 Å². The van der Waals surface area contributed by atoms with Crippen LogP contribution in [-0.4, -0.2) is 22.6 Å². The molecule has 1 aliphatic heterocycles. The molecule has 15 heavy (non-hydrogen) atoms. The number of nitrogens with zero attached hydrogens (tertiary/aromatic N) is 1. The Kier molecular flexibility index (Phi) is 2.58. The van der Waals surface area contributed by atoms with Crippen LogP contribution in [0.3, 0.4) is 0 Å². The number of hydrogen-bond donors (Lipinski definition) is 1. The van der Waals surface area contributed by atoms with Crippen molar-refractivity contribution in [1.29, 1.82) is 0 Å². The summed E-state index contributed by atoms with van der Waals surface area (Å²) in [4.78, 5) is 12.7. The highest BCUT2D eigenvalue weighted by atomic mass is 16.6. The average molecular weight is 205 g/mol. The van der Waals surface area contributed by atoms with Gasteiger partial charge in [-0.3, -0.25) is 4.90 Å². The quantitative estimate of drug-likeness (QED) is 0.593. The van der Waals surface area contributed by atoms with E-state index in [4.69, 9.17) is 9.84 Å². The average Bonchev–Trinajstić information content (AvgIpc) is 3.06. The molecule has 0 aliphatic carbocycles. The number of benzene rings is 1. The van der Waals surface area contributed by atoms with Crippen LogP contribution in [-0.2, 0) is 11.3 Å². The van der Waals surface area contributed by atoms with Gasteiger partial charge in [0.2, 0.25) is 0 Å². The van der Waals surface area contributed by atoms with Crippen molar-refractivity contribution in [3.05, 3.63) is 47.9 Å². The summed E-state index contributed by atoms with van der Waals surface area (Å²) in [5.41, 5.74) is 1.54. The van der Waals surface area contributed by atoms with E-state index >= 15 is 0 Å². The van der Waals surface area contributed by atoms with E-state index < -0.39 is 6.09 Å². The lowest BCUT2D eigenvalue weighted by atomic mass is 10.2. The minimum atomic E-state index is -0.417. The van der Waals surface area contributed by atoms with Gasteiger partial charge in [0.25, 0.3) is 0 Å². The summed E-state index contributed by atoms with van der Waals surface area (Å²) >= 11 is 0. The fourth-order valence-electron chi connectivity index (χ4n) is 1.22. The van der Waals surface area contributed by atoms with Crippen LogP contribution in [0, 0.1) is 0 Å². The van der Waals surface area contributed by atoms with Crippen LogP contribution in [0.15, 0.2) is 42.3 Å². The molecule has 2 rings (SSSR count). The molecule has 1 N–H and O–H groups in total. The molecule has 1 aliphatic rings. The van der Waals surface area contributed by atoms with Gasteiger partial charge in [0.1, 0.15) is 12.9 Å². The van der Waals surface area contributed by atoms with Crippen molar-refractivity contribution in [2.75, 3.05) is 6.54 Å². The van der Waals surface area contributed by atoms with E-state index in [1.807, 2.05) is 30.3 Å². The lowest BCUT2D eigenvalue weighted by molar-refractivity contribution is 0.126. The first kappa shape index (κ1) is 9.58. The Morgan fingerprint density at radius 1 is 1.47 bits per heavy atom. The molecule has 0 bridgehead atoms. The number of amides is 1. The van der Waals surface area contributed by atoms with Gasteiger partial charge in [-0.05, 0) is 5.56 Å². The molecule has 1 fully saturated rings. The summed E-state index contributed by atoms with van der Waals surface area (Å²) in [5, 5.41) is 8.60. The Balaban J connectivity index is 1.82. The maximum atomic E-state index is 11.3. The van der Waals surface area contributed by atoms with E-state index in [9.17, 15) is 4.79 Å². The number of carbonyl (C=O) groups is 1. The van der Waals surface area contributed by atoms with Crippen LogP contribution in [0.5, 0.6) is 0 Å². The van der Waals surface area contributed by atoms with Crippen LogP contribution in [0.1, 0.15) is 5.56 Å². The molecule has 1 heterocycles. The summed E-state index contributed by atoms with van der Waals surface area (Å²) in [6.45, 7) is 0.721. The van der Waals surface area contributed by atoms with Crippen molar-refractivity contribution in [3.63, 3.8) is 0 Å². The van der Waals surface area contributed by atoms with E-state index in [0.29, 0.717) is 12.2 Å². The van der Waals surface area contributed by atoms with E-state index in [2.05, 4.69) is 0 Å².